The lowest BCUT2D eigenvalue weighted by Gasteiger charge is -2.20. The maximum atomic E-state index is 12.4. The molecule has 1 amide bonds. The smallest absolute Gasteiger partial charge is 0.253 e. The minimum Gasteiger partial charge on any atom is -0.380 e. The highest BCUT2D eigenvalue weighted by Gasteiger charge is 2.19. The normalized spacial score (nSPS) is 11.4. The summed E-state index contributed by atoms with van der Waals surface area (Å²) in [5.41, 5.74) is 0.754. The van der Waals surface area contributed by atoms with Gasteiger partial charge in [0.15, 0.2) is 0 Å². The minimum absolute atomic E-state index is 0.0669. The Labute approximate surface area is 125 Å². The lowest BCUT2D eigenvalue weighted by Crippen LogP contribution is -2.31. The summed E-state index contributed by atoms with van der Waals surface area (Å²) in [5.74, 6) is -0.201. The first kappa shape index (κ1) is 17.6. The average Bonchev–Trinajstić information content (AvgIpc) is 2.43. The molecule has 0 aliphatic carbocycles. The van der Waals surface area contributed by atoms with Crippen LogP contribution < -0.4 is 5.14 Å². The predicted molar refractivity (Wildman–Crippen MR) is 80.4 cm³/mol. The van der Waals surface area contributed by atoms with Crippen LogP contribution in [0.2, 0.25) is 0 Å². The number of rotatable bonds is 7. The van der Waals surface area contributed by atoms with Crippen molar-refractivity contribution in [2.24, 2.45) is 5.14 Å². The molecule has 1 aromatic rings. The zero-order valence-electron chi connectivity index (χ0n) is 12.6. The Bertz CT molecular complexity index is 599. The number of nitrogens with two attached hydrogens (primary N) is 1. The van der Waals surface area contributed by atoms with E-state index in [-0.39, 0.29) is 17.4 Å². The summed E-state index contributed by atoms with van der Waals surface area (Å²) in [6.07, 6.45) is 0.837. The van der Waals surface area contributed by atoms with Crippen LogP contribution in [0.15, 0.2) is 23.1 Å². The van der Waals surface area contributed by atoms with Crippen molar-refractivity contribution in [3.8, 4) is 0 Å². The highest BCUT2D eigenvalue weighted by atomic mass is 32.2. The highest BCUT2D eigenvalue weighted by molar-refractivity contribution is 7.89. The van der Waals surface area contributed by atoms with Crippen molar-refractivity contribution in [2.45, 2.75) is 31.8 Å². The molecule has 0 aliphatic rings. The van der Waals surface area contributed by atoms with E-state index in [1.165, 1.54) is 13.2 Å². The van der Waals surface area contributed by atoms with Crippen LogP contribution in [0.25, 0.3) is 0 Å². The number of hydrogen-bond donors (Lipinski definition) is 1. The van der Waals surface area contributed by atoms with Gasteiger partial charge >= 0.3 is 0 Å². The summed E-state index contributed by atoms with van der Waals surface area (Å²) in [6, 6.07) is 4.49. The molecule has 2 N–H and O–H groups in total. The van der Waals surface area contributed by atoms with Gasteiger partial charge in [-0.15, -0.1) is 0 Å². The quantitative estimate of drug-likeness (QED) is 0.822. The standard InChI is InChI=1S/C14H22N2O4S/c1-4-8-16(5-2)14(17)11-6-7-12(10-20-3)13(9-11)21(15,18)19/h6-7,9H,4-5,8,10H2,1-3H3,(H2,15,18,19). The number of ether oxygens (including phenoxy) is 1. The number of primary sulfonamides is 1. The topological polar surface area (TPSA) is 89.7 Å². The summed E-state index contributed by atoms with van der Waals surface area (Å²) in [4.78, 5) is 14.0. The van der Waals surface area contributed by atoms with Crippen LogP contribution in [-0.2, 0) is 21.4 Å². The molecule has 1 aromatic carbocycles. The van der Waals surface area contributed by atoms with Crippen LogP contribution in [0.3, 0.4) is 0 Å². The largest absolute Gasteiger partial charge is 0.380 e. The number of methoxy groups -OCH3 is 1. The van der Waals surface area contributed by atoms with Gasteiger partial charge in [0.2, 0.25) is 10.0 Å². The van der Waals surface area contributed by atoms with Crippen molar-refractivity contribution in [3.63, 3.8) is 0 Å². The van der Waals surface area contributed by atoms with Gasteiger partial charge in [-0.1, -0.05) is 13.0 Å². The fourth-order valence-corrected chi connectivity index (χ4v) is 2.87. The zero-order valence-corrected chi connectivity index (χ0v) is 13.4. The monoisotopic (exact) mass is 314 g/mol. The molecule has 0 heterocycles. The average molecular weight is 314 g/mol. The van der Waals surface area contributed by atoms with Crippen molar-refractivity contribution >= 4 is 15.9 Å². The Kier molecular flexibility index (Phi) is 6.32. The van der Waals surface area contributed by atoms with E-state index in [1.54, 1.807) is 17.0 Å². The van der Waals surface area contributed by atoms with Gasteiger partial charge in [0.05, 0.1) is 11.5 Å². The summed E-state index contributed by atoms with van der Waals surface area (Å²) < 4.78 is 28.3. The molecule has 0 unspecified atom stereocenters. The SMILES string of the molecule is CCCN(CC)C(=O)c1ccc(COC)c(S(N)(=O)=O)c1. The second kappa shape index (κ2) is 7.53. The molecular formula is C14H22N2O4S. The van der Waals surface area contributed by atoms with Crippen LogP contribution in [0.5, 0.6) is 0 Å². The highest BCUT2D eigenvalue weighted by Crippen LogP contribution is 2.19. The van der Waals surface area contributed by atoms with E-state index in [4.69, 9.17) is 9.88 Å². The van der Waals surface area contributed by atoms with Gasteiger partial charge in [0.25, 0.3) is 5.91 Å². The zero-order chi connectivity index (χ0) is 16.0. The molecule has 7 heteroatoms. The minimum atomic E-state index is -3.91. The third kappa shape index (κ3) is 4.52. The lowest BCUT2D eigenvalue weighted by atomic mass is 10.1. The molecule has 0 bridgehead atoms. The maximum Gasteiger partial charge on any atom is 0.253 e. The van der Waals surface area contributed by atoms with Crippen LogP contribution >= 0.6 is 0 Å². The number of carbonyl (C=O) groups excluding carboxylic acids is 1. The molecule has 1 rings (SSSR count). The summed E-state index contributed by atoms with van der Waals surface area (Å²) in [5, 5.41) is 5.22. The van der Waals surface area contributed by atoms with Crippen molar-refractivity contribution in [1.29, 1.82) is 0 Å². The van der Waals surface area contributed by atoms with E-state index in [9.17, 15) is 13.2 Å². The van der Waals surface area contributed by atoms with Gasteiger partial charge in [-0.2, -0.15) is 0 Å². The lowest BCUT2D eigenvalue weighted by molar-refractivity contribution is 0.0764. The van der Waals surface area contributed by atoms with Gasteiger partial charge in [-0.05, 0) is 31.0 Å². The van der Waals surface area contributed by atoms with E-state index in [1.807, 2.05) is 13.8 Å². The van der Waals surface area contributed by atoms with Crippen molar-refractivity contribution in [1.82, 2.24) is 4.90 Å². The Balaban J connectivity index is 3.25. The van der Waals surface area contributed by atoms with Crippen LogP contribution in [0.4, 0.5) is 0 Å². The number of nitrogens with zero attached hydrogens (tertiary/aromatic N) is 1. The van der Waals surface area contributed by atoms with E-state index in [0.717, 1.165) is 6.42 Å². The molecule has 21 heavy (non-hydrogen) atoms. The summed E-state index contributed by atoms with van der Waals surface area (Å²) in [7, 11) is -2.44. The number of hydrogen-bond acceptors (Lipinski definition) is 4. The number of sulfonamides is 1. The third-order valence-electron chi connectivity index (χ3n) is 3.08. The first-order valence-electron chi connectivity index (χ1n) is 6.79. The number of benzene rings is 1. The number of amides is 1. The molecule has 0 aromatic heterocycles. The molecule has 118 valence electrons. The number of carbonyl (C=O) groups is 1. The maximum absolute atomic E-state index is 12.4. The first-order chi connectivity index (χ1) is 9.85. The Morgan fingerprint density at radius 1 is 1.33 bits per heavy atom. The molecule has 0 aliphatic heterocycles. The Hall–Kier alpha value is -1.44. The third-order valence-corrected chi connectivity index (χ3v) is 4.08. The van der Waals surface area contributed by atoms with Gasteiger partial charge in [0.1, 0.15) is 0 Å². The van der Waals surface area contributed by atoms with E-state index < -0.39 is 10.0 Å². The molecule has 0 fully saturated rings. The Morgan fingerprint density at radius 3 is 2.48 bits per heavy atom. The molecule has 0 radical (unpaired) electrons. The second-order valence-corrected chi connectivity index (χ2v) is 6.22. The fraction of sp³-hybridized carbons (Fsp3) is 0.500. The molecule has 0 atom stereocenters. The molecule has 0 saturated carbocycles. The van der Waals surface area contributed by atoms with Gasteiger partial charge < -0.3 is 9.64 Å². The van der Waals surface area contributed by atoms with Crippen LogP contribution in [0.1, 0.15) is 36.2 Å². The Morgan fingerprint density at radius 2 is 2.00 bits per heavy atom. The molecule has 0 saturated heterocycles. The molecule has 6 nitrogen and oxygen atoms in total. The van der Waals surface area contributed by atoms with E-state index >= 15 is 0 Å². The first-order valence-corrected chi connectivity index (χ1v) is 8.33. The van der Waals surface area contributed by atoms with Crippen LogP contribution in [-0.4, -0.2) is 39.4 Å². The van der Waals surface area contributed by atoms with Crippen molar-refractivity contribution < 1.29 is 17.9 Å². The van der Waals surface area contributed by atoms with Gasteiger partial charge in [0, 0.05) is 25.8 Å². The van der Waals surface area contributed by atoms with Crippen molar-refractivity contribution in [2.75, 3.05) is 20.2 Å². The fourth-order valence-electron chi connectivity index (χ4n) is 2.08. The van der Waals surface area contributed by atoms with E-state index in [2.05, 4.69) is 0 Å². The van der Waals surface area contributed by atoms with Crippen molar-refractivity contribution in [3.05, 3.63) is 29.3 Å². The van der Waals surface area contributed by atoms with E-state index in [0.29, 0.717) is 24.2 Å². The summed E-state index contributed by atoms with van der Waals surface area (Å²) in [6.45, 7) is 5.17. The summed E-state index contributed by atoms with van der Waals surface area (Å²) >= 11 is 0. The second-order valence-electron chi connectivity index (χ2n) is 4.69. The predicted octanol–water partition coefficient (Wildman–Crippen LogP) is 1.35. The van der Waals surface area contributed by atoms with Gasteiger partial charge in [-0.3, -0.25) is 4.79 Å². The van der Waals surface area contributed by atoms with Gasteiger partial charge in [-0.25, -0.2) is 13.6 Å². The van der Waals surface area contributed by atoms with Crippen LogP contribution in [0, 0.1) is 0 Å². The molecular weight excluding hydrogens is 292 g/mol. The molecule has 0 spiro atoms.